The summed E-state index contributed by atoms with van der Waals surface area (Å²) in [6, 6.07) is 3.71. The lowest BCUT2D eigenvalue weighted by molar-refractivity contribution is -0.138. The lowest BCUT2D eigenvalue weighted by atomic mass is 10.2. The van der Waals surface area contributed by atoms with E-state index in [1.54, 1.807) is 16.7 Å². The highest BCUT2D eigenvalue weighted by molar-refractivity contribution is 8.01. The molecule has 2 atom stereocenters. The predicted octanol–water partition coefficient (Wildman–Crippen LogP) is 1.29. The number of anilines is 1. The van der Waals surface area contributed by atoms with Gasteiger partial charge in [-0.05, 0) is 31.5 Å². The summed E-state index contributed by atoms with van der Waals surface area (Å²) in [6.45, 7) is 9.95. The van der Waals surface area contributed by atoms with E-state index < -0.39 is 0 Å². The number of piperazine rings is 1. The van der Waals surface area contributed by atoms with Crippen molar-refractivity contribution in [3.63, 3.8) is 0 Å². The Morgan fingerprint density at radius 2 is 2.11 bits per heavy atom. The Hall–Kier alpha value is -1.80. The highest BCUT2D eigenvalue weighted by atomic mass is 32.2. The van der Waals surface area contributed by atoms with E-state index in [1.807, 2.05) is 18.3 Å². The summed E-state index contributed by atoms with van der Waals surface area (Å²) in [5.74, 6) is 1.71. The monoisotopic (exact) mass is 403 g/mol. The Balaban J connectivity index is 1.31. The molecule has 0 spiro atoms. The molecule has 0 radical (unpaired) electrons. The van der Waals surface area contributed by atoms with E-state index in [9.17, 15) is 9.59 Å². The average Bonchev–Trinajstić information content (AvgIpc) is 3.22. The summed E-state index contributed by atoms with van der Waals surface area (Å²) >= 11 is 1.72. The van der Waals surface area contributed by atoms with Gasteiger partial charge in [-0.25, -0.2) is 4.98 Å². The van der Waals surface area contributed by atoms with E-state index in [4.69, 9.17) is 0 Å². The molecule has 1 aromatic rings. The summed E-state index contributed by atoms with van der Waals surface area (Å²) in [7, 11) is 0. The van der Waals surface area contributed by atoms with Crippen LogP contribution in [-0.2, 0) is 16.1 Å². The second-order valence-corrected chi connectivity index (χ2v) is 9.43. The van der Waals surface area contributed by atoms with Crippen LogP contribution in [0.4, 0.5) is 5.82 Å². The molecule has 0 saturated carbocycles. The lowest BCUT2D eigenvalue weighted by Crippen LogP contribution is -2.49. The van der Waals surface area contributed by atoms with E-state index in [2.05, 4.69) is 33.9 Å². The van der Waals surface area contributed by atoms with Crippen LogP contribution in [0, 0.1) is 0 Å². The zero-order chi connectivity index (χ0) is 19.7. The third kappa shape index (κ3) is 3.72. The minimum atomic E-state index is -0.355. The van der Waals surface area contributed by atoms with Crippen molar-refractivity contribution in [3.05, 3.63) is 23.9 Å². The molecule has 0 aromatic carbocycles. The molecule has 7 nitrogen and oxygen atoms in total. The lowest BCUT2D eigenvalue weighted by Gasteiger charge is -2.34. The Kier molecular flexibility index (Phi) is 5.51. The molecule has 0 aliphatic carbocycles. The van der Waals surface area contributed by atoms with Crippen LogP contribution in [0.1, 0.15) is 32.3 Å². The number of nitrogens with zero attached hydrogens (tertiary/aromatic N) is 4. The quantitative estimate of drug-likeness (QED) is 0.799. The number of fused-ring (bicyclic) bond motifs is 1. The second-order valence-electron chi connectivity index (χ2n) is 7.93. The van der Waals surface area contributed by atoms with Crippen LogP contribution in [0.25, 0.3) is 0 Å². The number of likely N-dealkylation sites (N-methyl/N-ethyl adjacent to an activating group) is 1. The van der Waals surface area contributed by atoms with Gasteiger partial charge in [0, 0.05) is 51.1 Å². The number of hydrogen-bond donors (Lipinski definition) is 1. The van der Waals surface area contributed by atoms with Gasteiger partial charge in [-0.15, -0.1) is 11.8 Å². The average molecular weight is 404 g/mol. The third-order valence-electron chi connectivity index (χ3n) is 6.17. The fourth-order valence-electron chi connectivity index (χ4n) is 4.32. The number of amides is 2. The molecule has 28 heavy (non-hydrogen) atoms. The molecule has 2 unspecified atom stereocenters. The first-order valence-corrected chi connectivity index (χ1v) is 11.1. The molecular formula is C20H29N5O2S. The van der Waals surface area contributed by atoms with Crippen LogP contribution in [0.3, 0.4) is 0 Å². The maximum atomic E-state index is 12.7. The van der Waals surface area contributed by atoms with Crippen LogP contribution in [0.15, 0.2) is 18.3 Å². The van der Waals surface area contributed by atoms with Gasteiger partial charge in [-0.3, -0.25) is 9.59 Å². The number of thioether (sulfide) groups is 1. The van der Waals surface area contributed by atoms with Gasteiger partial charge >= 0.3 is 0 Å². The summed E-state index contributed by atoms with van der Waals surface area (Å²) in [5.41, 5.74) is 0.977. The molecule has 4 heterocycles. The molecule has 4 rings (SSSR count). The Morgan fingerprint density at radius 3 is 2.79 bits per heavy atom. The van der Waals surface area contributed by atoms with E-state index in [0.717, 1.165) is 50.5 Å². The van der Waals surface area contributed by atoms with Crippen LogP contribution in [0.2, 0.25) is 0 Å². The van der Waals surface area contributed by atoms with Crippen LogP contribution < -0.4 is 10.2 Å². The van der Waals surface area contributed by atoms with E-state index >= 15 is 0 Å². The van der Waals surface area contributed by atoms with Crippen molar-refractivity contribution < 1.29 is 9.59 Å². The molecule has 2 amide bonds. The standard InChI is InChI=1S/C20H29N5O2S/c1-3-23-8-10-24(11-9-23)17-5-4-15(12-21-17)13-22-19(27)16-14-28-20(2)7-6-18(26)25(16)20/h4-5,12,16H,3,6-11,13-14H2,1-2H3,(H,22,27). The van der Waals surface area contributed by atoms with Gasteiger partial charge in [0.2, 0.25) is 11.8 Å². The first kappa shape index (κ1) is 19.5. The van der Waals surface area contributed by atoms with Crippen molar-refractivity contribution in [1.82, 2.24) is 20.1 Å². The number of pyridine rings is 1. The van der Waals surface area contributed by atoms with Crippen molar-refractivity contribution in [2.24, 2.45) is 0 Å². The van der Waals surface area contributed by atoms with E-state index in [-0.39, 0.29) is 22.7 Å². The van der Waals surface area contributed by atoms with Gasteiger partial charge in [0.25, 0.3) is 0 Å². The second kappa shape index (κ2) is 7.91. The topological polar surface area (TPSA) is 68.8 Å². The largest absolute Gasteiger partial charge is 0.354 e. The smallest absolute Gasteiger partial charge is 0.243 e. The minimum Gasteiger partial charge on any atom is -0.354 e. The van der Waals surface area contributed by atoms with Gasteiger partial charge in [0.1, 0.15) is 11.9 Å². The first-order chi connectivity index (χ1) is 13.5. The number of nitrogens with one attached hydrogen (secondary N) is 1. The molecule has 152 valence electrons. The van der Waals surface area contributed by atoms with E-state index in [1.165, 1.54) is 0 Å². The molecule has 1 aromatic heterocycles. The molecule has 3 aliphatic rings. The summed E-state index contributed by atoms with van der Waals surface area (Å²) in [5, 5.41) is 3.00. The number of hydrogen-bond acceptors (Lipinski definition) is 6. The highest BCUT2D eigenvalue weighted by Crippen LogP contribution is 2.47. The van der Waals surface area contributed by atoms with Gasteiger partial charge in [-0.1, -0.05) is 13.0 Å². The molecule has 3 aliphatic heterocycles. The fourth-order valence-corrected chi connectivity index (χ4v) is 5.76. The zero-order valence-electron chi connectivity index (χ0n) is 16.7. The van der Waals surface area contributed by atoms with Crippen LogP contribution >= 0.6 is 11.8 Å². The van der Waals surface area contributed by atoms with Gasteiger partial charge < -0.3 is 20.0 Å². The van der Waals surface area contributed by atoms with Gasteiger partial charge in [0.15, 0.2) is 0 Å². The summed E-state index contributed by atoms with van der Waals surface area (Å²) in [6.07, 6.45) is 3.22. The van der Waals surface area contributed by atoms with Gasteiger partial charge in [0.05, 0.1) is 4.87 Å². The molecular weight excluding hydrogens is 374 g/mol. The van der Waals surface area contributed by atoms with Crippen molar-refractivity contribution in [3.8, 4) is 0 Å². The van der Waals surface area contributed by atoms with Crippen LogP contribution in [-0.4, -0.2) is 76.0 Å². The van der Waals surface area contributed by atoms with E-state index in [0.29, 0.717) is 18.7 Å². The Labute approximate surface area is 170 Å². The van der Waals surface area contributed by atoms with Gasteiger partial charge in [-0.2, -0.15) is 0 Å². The van der Waals surface area contributed by atoms with Crippen molar-refractivity contribution in [2.75, 3.05) is 43.4 Å². The zero-order valence-corrected chi connectivity index (χ0v) is 17.5. The molecule has 3 saturated heterocycles. The Bertz CT molecular complexity index is 735. The normalized spacial score (nSPS) is 27.9. The first-order valence-electron chi connectivity index (χ1n) is 10.2. The van der Waals surface area contributed by atoms with Crippen LogP contribution in [0.5, 0.6) is 0 Å². The molecule has 8 heteroatoms. The Morgan fingerprint density at radius 1 is 1.32 bits per heavy atom. The molecule has 0 bridgehead atoms. The number of carbonyl (C=O) groups excluding carboxylic acids is 2. The highest BCUT2D eigenvalue weighted by Gasteiger charge is 2.52. The molecule has 1 N–H and O–H groups in total. The summed E-state index contributed by atoms with van der Waals surface area (Å²) in [4.78, 5) is 35.8. The third-order valence-corrected chi connectivity index (χ3v) is 7.67. The number of carbonyl (C=O) groups is 2. The molecule has 3 fully saturated rings. The minimum absolute atomic E-state index is 0.0637. The van der Waals surface area contributed by atoms with Crippen molar-refractivity contribution >= 4 is 29.4 Å². The maximum absolute atomic E-state index is 12.7. The number of rotatable bonds is 5. The maximum Gasteiger partial charge on any atom is 0.243 e. The SMILES string of the molecule is CCN1CCN(c2ccc(CNC(=O)C3CSC4(C)CCC(=O)N34)cn2)CC1. The van der Waals surface area contributed by atoms with Crippen molar-refractivity contribution in [1.29, 1.82) is 0 Å². The van der Waals surface area contributed by atoms with Crippen molar-refractivity contribution in [2.45, 2.75) is 44.1 Å². The number of aromatic nitrogens is 1. The summed E-state index contributed by atoms with van der Waals surface area (Å²) < 4.78 is 0. The predicted molar refractivity (Wildman–Crippen MR) is 111 cm³/mol. The fraction of sp³-hybridized carbons (Fsp3) is 0.650.